The topological polar surface area (TPSA) is 58.4 Å². The minimum absolute atomic E-state index is 0. The lowest BCUT2D eigenvalue weighted by atomic mass is 9.95. The van der Waals surface area contributed by atoms with E-state index in [-0.39, 0.29) is 18.3 Å². The highest BCUT2D eigenvalue weighted by atomic mass is 79.9. The van der Waals surface area contributed by atoms with Gasteiger partial charge in [-0.05, 0) is 66.3 Å². The van der Waals surface area contributed by atoms with E-state index in [9.17, 15) is 4.79 Å². The zero-order chi connectivity index (χ0) is 14.4. The number of carbonyl (C=O) groups excluding carboxylic acids is 1. The van der Waals surface area contributed by atoms with Gasteiger partial charge < -0.3 is 11.1 Å². The number of carbonyl (C=O) groups is 1. The van der Waals surface area contributed by atoms with Crippen LogP contribution in [0.4, 0.5) is 5.69 Å². The Morgan fingerprint density at radius 1 is 1.43 bits per heavy atom. The van der Waals surface area contributed by atoms with Crippen LogP contribution in [0.2, 0.25) is 0 Å². The molecule has 1 fully saturated rings. The molecule has 1 unspecified atom stereocenters. The lowest BCUT2D eigenvalue weighted by Gasteiger charge is -2.32. The largest absolute Gasteiger partial charge is 0.330 e. The van der Waals surface area contributed by atoms with Gasteiger partial charge in [-0.25, -0.2) is 0 Å². The lowest BCUT2D eigenvalue weighted by molar-refractivity contribution is -0.117. The Labute approximate surface area is 141 Å². The first-order chi connectivity index (χ1) is 9.69. The van der Waals surface area contributed by atoms with Crippen LogP contribution in [-0.2, 0) is 4.79 Å². The number of anilines is 1. The smallest absolute Gasteiger partial charge is 0.238 e. The Bertz CT molecular complexity index is 456. The summed E-state index contributed by atoms with van der Waals surface area (Å²) in [7, 11) is 0. The van der Waals surface area contributed by atoms with E-state index in [1.54, 1.807) is 0 Å². The minimum Gasteiger partial charge on any atom is -0.330 e. The van der Waals surface area contributed by atoms with Gasteiger partial charge in [-0.1, -0.05) is 12.1 Å². The van der Waals surface area contributed by atoms with E-state index >= 15 is 0 Å². The van der Waals surface area contributed by atoms with Crippen molar-refractivity contribution in [2.24, 2.45) is 11.7 Å². The summed E-state index contributed by atoms with van der Waals surface area (Å²) in [6.45, 7) is 3.19. The van der Waals surface area contributed by atoms with E-state index in [4.69, 9.17) is 5.73 Å². The van der Waals surface area contributed by atoms with Crippen LogP contribution in [0.3, 0.4) is 0 Å². The summed E-state index contributed by atoms with van der Waals surface area (Å²) in [5.41, 5.74) is 6.45. The number of nitrogens with one attached hydrogen (secondary N) is 1. The van der Waals surface area contributed by atoms with Crippen molar-refractivity contribution in [2.45, 2.75) is 19.3 Å². The predicted molar refractivity (Wildman–Crippen MR) is 92.9 cm³/mol. The van der Waals surface area contributed by atoms with E-state index in [0.29, 0.717) is 12.5 Å². The molecule has 1 atom stereocenters. The third-order valence-corrected chi connectivity index (χ3v) is 4.38. The monoisotopic (exact) mass is 375 g/mol. The van der Waals surface area contributed by atoms with Crippen LogP contribution >= 0.6 is 28.3 Å². The summed E-state index contributed by atoms with van der Waals surface area (Å²) in [6.07, 6.45) is 3.45. The third kappa shape index (κ3) is 5.94. The Hall–Kier alpha value is -0.620. The highest BCUT2D eigenvalue weighted by molar-refractivity contribution is 9.10. The average molecular weight is 377 g/mol. The third-order valence-electron chi connectivity index (χ3n) is 3.69. The zero-order valence-corrected chi connectivity index (χ0v) is 14.5. The van der Waals surface area contributed by atoms with Crippen LogP contribution in [0.5, 0.6) is 0 Å². The number of nitrogens with two attached hydrogens (primary N) is 1. The Morgan fingerprint density at radius 2 is 2.19 bits per heavy atom. The minimum atomic E-state index is 0. The molecule has 1 saturated heterocycles. The van der Waals surface area contributed by atoms with Crippen LogP contribution in [0, 0.1) is 5.92 Å². The predicted octanol–water partition coefficient (Wildman–Crippen LogP) is 2.87. The Kier molecular flexibility index (Phi) is 8.26. The molecule has 1 heterocycles. The van der Waals surface area contributed by atoms with Crippen LogP contribution < -0.4 is 11.1 Å². The molecule has 1 aliphatic heterocycles. The van der Waals surface area contributed by atoms with Gasteiger partial charge in [0, 0.05) is 11.0 Å². The van der Waals surface area contributed by atoms with Gasteiger partial charge in [-0.3, -0.25) is 9.69 Å². The standard InChI is InChI=1S/C15H22BrN3O.ClH/c16-13-5-1-2-6-14(13)18-15(20)11-19-9-3-4-12(10-19)7-8-17;/h1-2,5-6,12H,3-4,7-11,17H2,(H,18,20);1H. The molecule has 0 radical (unpaired) electrons. The van der Waals surface area contributed by atoms with Gasteiger partial charge in [-0.2, -0.15) is 0 Å². The molecule has 0 spiro atoms. The number of amides is 1. The van der Waals surface area contributed by atoms with Crippen molar-refractivity contribution in [3.05, 3.63) is 28.7 Å². The first-order valence-electron chi connectivity index (χ1n) is 7.16. The molecule has 0 bridgehead atoms. The Balaban J connectivity index is 0.00000220. The van der Waals surface area contributed by atoms with Crippen molar-refractivity contribution in [1.29, 1.82) is 0 Å². The molecule has 6 heteroatoms. The van der Waals surface area contributed by atoms with Gasteiger partial charge >= 0.3 is 0 Å². The molecular formula is C15H23BrClN3O. The highest BCUT2D eigenvalue weighted by Gasteiger charge is 2.21. The van der Waals surface area contributed by atoms with E-state index in [1.807, 2.05) is 24.3 Å². The van der Waals surface area contributed by atoms with Gasteiger partial charge in [-0.15, -0.1) is 12.4 Å². The molecule has 4 nitrogen and oxygen atoms in total. The van der Waals surface area contributed by atoms with E-state index in [2.05, 4.69) is 26.1 Å². The van der Waals surface area contributed by atoms with E-state index in [0.717, 1.165) is 42.6 Å². The Morgan fingerprint density at radius 3 is 2.90 bits per heavy atom. The first-order valence-corrected chi connectivity index (χ1v) is 7.95. The SMILES string of the molecule is Cl.NCCC1CCCN(CC(=O)Nc2ccccc2Br)C1. The van der Waals surface area contributed by atoms with Crippen molar-refractivity contribution in [2.75, 3.05) is 31.5 Å². The molecule has 21 heavy (non-hydrogen) atoms. The number of para-hydroxylation sites is 1. The fourth-order valence-corrected chi connectivity index (χ4v) is 3.11. The van der Waals surface area contributed by atoms with Gasteiger partial charge in [0.05, 0.1) is 12.2 Å². The van der Waals surface area contributed by atoms with Crippen molar-refractivity contribution in [1.82, 2.24) is 4.90 Å². The van der Waals surface area contributed by atoms with Gasteiger partial charge in [0.1, 0.15) is 0 Å². The first kappa shape index (κ1) is 18.4. The van der Waals surface area contributed by atoms with E-state index < -0.39 is 0 Å². The number of benzene rings is 1. The maximum Gasteiger partial charge on any atom is 0.238 e. The maximum atomic E-state index is 12.1. The lowest BCUT2D eigenvalue weighted by Crippen LogP contribution is -2.40. The number of nitrogens with zero attached hydrogens (tertiary/aromatic N) is 1. The van der Waals surface area contributed by atoms with E-state index in [1.165, 1.54) is 6.42 Å². The molecule has 1 aliphatic rings. The molecule has 0 saturated carbocycles. The molecule has 1 amide bonds. The summed E-state index contributed by atoms with van der Waals surface area (Å²) in [4.78, 5) is 14.3. The molecule has 1 aromatic carbocycles. The van der Waals surface area contributed by atoms with Gasteiger partial charge in [0.2, 0.25) is 5.91 Å². The summed E-state index contributed by atoms with van der Waals surface area (Å²) in [5, 5.41) is 2.95. The number of piperidine rings is 1. The molecule has 0 aliphatic carbocycles. The van der Waals surface area contributed by atoms with Gasteiger partial charge in [0.25, 0.3) is 0 Å². The second-order valence-electron chi connectivity index (χ2n) is 5.35. The summed E-state index contributed by atoms with van der Waals surface area (Å²) in [5.74, 6) is 0.690. The van der Waals surface area contributed by atoms with Crippen LogP contribution in [0.25, 0.3) is 0 Å². The number of hydrogen-bond donors (Lipinski definition) is 2. The fourth-order valence-electron chi connectivity index (χ4n) is 2.72. The number of hydrogen-bond acceptors (Lipinski definition) is 3. The van der Waals surface area contributed by atoms with Crippen molar-refractivity contribution in [3.8, 4) is 0 Å². The van der Waals surface area contributed by atoms with Crippen molar-refractivity contribution >= 4 is 39.9 Å². The molecule has 0 aromatic heterocycles. The quantitative estimate of drug-likeness (QED) is 0.831. The summed E-state index contributed by atoms with van der Waals surface area (Å²) in [6, 6.07) is 7.67. The number of halogens is 2. The molecule has 1 aromatic rings. The van der Waals surface area contributed by atoms with Crippen LogP contribution in [0.15, 0.2) is 28.7 Å². The highest BCUT2D eigenvalue weighted by Crippen LogP contribution is 2.22. The molecule has 3 N–H and O–H groups in total. The second-order valence-corrected chi connectivity index (χ2v) is 6.20. The molecule has 118 valence electrons. The normalized spacial score (nSPS) is 18.9. The molecule has 2 rings (SSSR count). The number of likely N-dealkylation sites (tertiary alicyclic amines) is 1. The van der Waals surface area contributed by atoms with Crippen molar-refractivity contribution < 1.29 is 4.79 Å². The second kappa shape index (κ2) is 9.41. The zero-order valence-electron chi connectivity index (χ0n) is 12.1. The molecular weight excluding hydrogens is 354 g/mol. The fraction of sp³-hybridized carbons (Fsp3) is 0.533. The van der Waals surface area contributed by atoms with Gasteiger partial charge in [0.15, 0.2) is 0 Å². The summed E-state index contributed by atoms with van der Waals surface area (Å²) >= 11 is 3.44. The summed E-state index contributed by atoms with van der Waals surface area (Å²) < 4.78 is 0.910. The van der Waals surface area contributed by atoms with Crippen molar-refractivity contribution in [3.63, 3.8) is 0 Å². The average Bonchev–Trinajstić information content (AvgIpc) is 2.42. The maximum absolute atomic E-state index is 12.1. The van der Waals surface area contributed by atoms with Crippen LogP contribution in [0.1, 0.15) is 19.3 Å². The van der Waals surface area contributed by atoms with Crippen LogP contribution in [-0.4, -0.2) is 37.0 Å². The number of rotatable bonds is 5.